The Bertz CT molecular complexity index is 725. The molecule has 0 bridgehead atoms. The summed E-state index contributed by atoms with van der Waals surface area (Å²) in [4.78, 5) is 14.5. The zero-order valence-electron chi connectivity index (χ0n) is 12.7. The highest BCUT2D eigenvalue weighted by Gasteiger charge is 2.25. The fourth-order valence-electron chi connectivity index (χ4n) is 2.43. The summed E-state index contributed by atoms with van der Waals surface area (Å²) in [6.07, 6.45) is 5.22. The van der Waals surface area contributed by atoms with Crippen molar-refractivity contribution in [2.24, 2.45) is 0 Å². The number of hydrogen-bond donors (Lipinski definition) is 0. The van der Waals surface area contributed by atoms with Crippen LogP contribution in [-0.2, 0) is 17.8 Å². The van der Waals surface area contributed by atoms with Crippen molar-refractivity contribution >= 4 is 5.91 Å². The van der Waals surface area contributed by atoms with Crippen molar-refractivity contribution in [2.75, 3.05) is 7.05 Å². The molecule has 0 saturated heterocycles. The Kier molecular flexibility index (Phi) is 4.46. The maximum atomic E-state index is 12.9. The number of furan rings is 1. The number of tetrazole rings is 1. The summed E-state index contributed by atoms with van der Waals surface area (Å²) in [6, 6.07) is 11.2. The Hall–Kier alpha value is -2.96. The van der Waals surface area contributed by atoms with Crippen LogP contribution in [0, 0.1) is 0 Å². The van der Waals surface area contributed by atoms with E-state index in [0.717, 1.165) is 11.1 Å². The van der Waals surface area contributed by atoms with Gasteiger partial charge >= 0.3 is 0 Å². The second-order valence-electron chi connectivity index (χ2n) is 5.32. The van der Waals surface area contributed by atoms with Gasteiger partial charge in [-0.1, -0.05) is 30.3 Å². The van der Waals surface area contributed by atoms with Gasteiger partial charge in [0.25, 0.3) is 0 Å². The first kappa shape index (κ1) is 15.0. The van der Waals surface area contributed by atoms with Gasteiger partial charge in [0.1, 0.15) is 12.4 Å². The van der Waals surface area contributed by atoms with Gasteiger partial charge in [-0.3, -0.25) is 4.79 Å². The van der Waals surface area contributed by atoms with Crippen LogP contribution in [0.3, 0.4) is 0 Å². The molecule has 7 heteroatoms. The zero-order valence-corrected chi connectivity index (χ0v) is 12.7. The number of amides is 1. The lowest BCUT2D eigenvalue weighted by atomic mass is 10.0. The quantitative estimate of drug-likeness (QED) is 0.692. The summed E-state index contributed by atoms with van der Waals surface area (Å²) in [5.41, 5.74) is 1.99. The monoisotopic (exact) mass is 311 g/mol. The van der Waals surface area contributed by atoms with Gasteiger partial charge in [-0.25, -0.2) is 4.68 Å². The molecule has 3 aromatic rings. The standard InChI is InChI=1S/C16H17N5O2/c1-20(10-14-7-8-23-11-14)16(22)15(21-12-17-18-19-21)9-13-5-3-2-4-6-13/h2-8,11-12,15H,9-10H2,1H3/t15-/m1/s1. The SMILES string of the molecule is CN(Cc1ccoc1)C(=O)[C@@H](Cc1ccccc1)n1cnnn1. The summed E-state index contributed by atoms with van der Waals surface area (Å²) in [5.74, 6) is -0.0534. The Morgan fingerprint density at radius 1 is 1.26 bits per heavy atom. The average molecular weight is 311 g/mol. The Morgan fingerprint density at radius 2 is 2.09 bits per heavy atom. The van der Waals surface area contributed by atoms with E-state index in [4.69, 9.17) is 4.42 Å². The van der Waals surface area contributed by atoms with Gasteiger partial charge in [0.2, 0.25) is 5.91 Å². The van der Waals surface area contributed by atoms with Gasteiger partial charge in [-0.2, -0.15) is 0 Å². The van der Waals surface area contributed by atoms with Gasteiger partial charge in [0.15, 0.2) is 0 Å². The highest BCUT2D eigenvalue weighted by Crippen LogP contribution is 2.17. The predicted octanol–water partition coefficient (Wildman–Crippen LogP) is 1.71. The number of benzene rings is 1. The van der Waals surface area contributed by atoms with E-state index in [1.165, 1.54) is 11.0 Å². The van der Waals surface area contributed by atoms with Gasteiger partial charge < -0.3 is 9.32 Å². The van der Waals surface area contributed by atoms with Gasteiger partial charge in [-0.15, -0.1) is 5.10 Å². The van der Waals surface area contributed by atoms with Crippen molar-refractivity contribution in [3.05, 3.63) is 66.4 Å². The summed E-state index contributed by atoms with van der Waals surface area (Å²) in [6.45, 7) is 0.475. The zero-order chi connectivity index (χ0) is 16.1. The number of nitrogens with zero attached hydrogens (tertiary/aromatic N) is 5. The highest BCUT2D eigenvalue weighted by molar-refractivity contribution is 5.80. The van der Waals surface area contributed by atoms with Crippen LogP contribution in [0.1, 0.15) is 17.2 Å². The molecule has 1 atom stereocenters. The molecule has 118 valence electrons. The molecule has 0 saturated carbocycles. The van der Waals surface area contributed by atoms with Crippen LogP contribution in [0.15, 0.2) is 59.7 Å². The van der Waals surface area contributed by atoms with E-state index < -0.39 is 6.04 Å². The molecule has 0 spiro atoms. The van der Waals surface area contributed by atoms with E-state index in [0.29, 0.717) is 13.0 Å². The van der Waals surface area contributed by atoms with Crippen molar-refractivity contribution in [1.82, 2.24) is 25.1 Å². The van der Waals surface area contributed by atoms with Crippen LogP contribution < -0.4 is 0 Å². The van der Waals surface area contributed by atoms with Gasteiger partial charge in [0.05, 0.1) is 12.5 Å². The number of aromatic nitrogens is 4. The Balaban J connectivity index is 1.78. The minimum atomic E-state index is -0.482. The van der Waals surface area contributed by atoms with Crippen molar-refractivity contribution < 1.29 is 9.21 Å². The molecule has 0 N–H and O–H groups in total. The molecular formula is C16H17N5O2. The number of rotatable bonds is 6. The first-order valence-electron chi connectivity index (χ1n) is 7.26. The molecule has 0 aliphatic carbocycles. The number of carbonyl (C=O) groups excluding carboxylic acids is 1. The predicted molar refractivity (Wildman–Crippen MR) is 82.2 cm³/mol. The third-order valence-corrected chi connectivity index (χ3v) is 3.62. The minimum absolute atomic E-state index is 0.0534. The fourth-order valence-corrected chi connectivity index (χ4v) is 2.43. The van der Waals surface area contributed by atoms with Gasteiger partial charge in [0, 0.05) is 25.6 Å². The maximum Gasteiger partial charge on any atom is 0.247 e. The molecule has 1 amide bonds. The molecule has 0 aliphatic heterocycles. The second-order valence-corrected chi connectivity index (χ2v) is 5.32. The van der Waals surface area contributed by atoms with E-state index in [-0.39, 0.29) is 5.91 Å². The van der Waals surface area contributed by atoms with Crippen molar-refractivity contribution in [3.63, 3.8) is 0 Å². The van der Waals surface area contributed by atoms with E-state index >= 15 is 0 Å². The maximum absolute atomic E-state index is 12.9. The molecule has 7 nitrogen and oxygen atoms in total. The summed E-state index contributed by atoms with van der Waals surface area (Å²) < 4.78 is 6.55. The van der Waals surface area contributed by atoms with E-state index in [1.54, 1.807) is 24.5 Å². The first-order valence-corrected chi connectivity index (χ1v) is 7.26. The Morgan fingerprint density at radius 3 is 2.74 bits per heavy atom. The van der Waals surface area contributed by atoms with E-state index in [9.17, 15) is 4.79 Å². The first-order chi connectivity index (χ1) is 11.2. The topological polar surface area (TPSA) is 77.0 Å². The molecule has 0 unspecified atom stereocenters. The van der Waals surface area contributed by atoms with Crippen LogP contribution in [-0.4, -0.2) is 38.1 Å². The number of hydrogen-bond acceptors (Lipinski definition) is 5. The highest BCUT2D eigenvalue weighted by atomic mass is 16.3. The third kappa shape index (κ3) is 3.63. The van der Waals surface area contributed by atoms with Crippen molar-refractivity contribution in [2.45, 2.75) is 19.0 Å². The van der Waals surface area contributed by atoms with Crippen LogP contribution in [0.25, 0.3) is 0 Å². The van der Waals surface area contributed by atoms with E-state index in [2.05, 4.69) is 15.5 Å². The third-order valence-electron chi connectivity index (χ3n) is 3.62. The molecule has 0 aliphatic rings. The molecule has 2 aromatic heterocycles. The fraction of sp³-hybridized carbons (Fsp3) is 0.250. The molecule has 0 fully saturated rings. The van der Waals surface area contributed by atoms with Crippen LogP contribution in [0.4, 0.5) is 0 Å². The molecule has 2 heterocycles. The average Bonchev–Trinajstić information content (AvgIpc) is 3.26. The summed E-state index contributed by atoms with van der Waals surface area (Å²) in [7, 11) is 1.76. The molecule has 23 heavy (non-hydrogen) atoms. The van der Waals surface area contributed by atoms with Gasteiger partial charge in [-0.05, 0) is 22.1 Å². The molecule has 0 radical (unpaired) electrons. The normalized spacial score (nSPS) is 12.0. The van der Waals surface area contributed by atoms with Crippen LogP contribution >= 0.6 is 0 Å². The van der Waals surface area contributed by atoms with Crippen LogP contribution in [0.2, 0.25) is 0 Å². The lowest BCUT2D eigenvalue weighted by Gasteiger charge is -2.23. The van der Waals surface area contributed by atoms with Crippen LogP contribution in [0.5, 0.6) is 0 Å². The van der Waals surface area contributed by atoms with E-state index in [1.807, 2.05) is 36.4 Å². The largest absolute Gasteiger partial charge is 0.472 e. The summed E-state index contributed by atoms with van der Waals surface area (Å²) in [5, 5.41) is 11.2. The lowest BCUT2D eigenvalue weighted by Crippen LogP contribution is -2.35. The Labute approximate surface area is 133 Å². The number of carbonyl (C=O) groups is 1. The molecule has 1 aromatic carbocycles. The lowest BCUT2D eigenvalue weighted by molar-refractivity contribution is -0.134. The molecular weight excluding hydrogens is 294 g/mol. The van der Waals surface area contributed by atoms with Crippen molar-refractivity contribution in [3.8, 4) is 0 Å². The smallest absolute Gasteiger partial charge is 0.247 e. The summed E-state index contributed by atoms with van der Waals surface area (Å²) >= 11 is 0. The van der Waals surface area contributed by atoms with Crippen molar-refractivity contribution in [1.29, 1.82) is 0 Å². The second kappa shape index (κ2) is 6.87. The minimum Gasteiger partial charge on any atom is -0.472 e. The number of likely N-dealkylation sites (N-methyl/N-ethyl adjacent to an activating group) is 1. The molecule has 3 rings (SSSR count).